The molecule has 0 spiro atoms. The van der Waals surface area contributed by atoms with E-state index in [1.54, 1.807) is 0 Å². The molecule has 0 aliphatic rings. The van der Waals surface area contributed by atoms with Crippen LogP contribution >= 0.6 is 22.9 Å². The molecule has 0 saturated heterocycles. The number of rotatable bonds is 2. The summed E-state index contributed by atoms with van der Waals surface area (Å²) in [5, 5.41) is 2.97. The highest BCUT2D eigenvalue weighted by molar-refractivity contribution is 7.22. The summed E-state index contributed by atoms with van der Waals surface area (Å²) < 4.78 is 14.0. The molecule has 2 heterocycles. The lowest BCUT2D eigenvalue weighted by Crippen LogP contribution is -2.13. The van der Waals surface area contributed by atoms with Gasteiger partial charge in [-0.2, -0.15) is 0 Å². The van der Waals surface area contributed by atoms with E-state index < -0.39 is 11.7 Å². The highest BCUT2D eigenvalue weighted by Gasteiger charge is 2.14. The van der Waals surface area contributed by atoms with Gasteiger partial charge >= 0.3 is 0 Å². The first-order valence-electron chi connectivity index (χ1n) is 5.61. The Kier molecular flexibility index (Phi) is 3.33. The summed E-state index contributed by atoms with van der Waals surface area (Å²) >= 11 is 7.11. The molecule has 0 aliphatic heterocycles. The molecule has 0 saturated carbocycles. The molecule has 0 aliphatic carbocycles. The van der Waals surface area contributed by atoms with Gasteiger partial charge in [-0.3, -0.25) is 10.1 Å². The molecule has 20 heavy (non-hydrogen) atoms. The quantitative estimate of drug-likeness (QED) is 0.734. The van der Waals surface area contributed by atoms with Crippen molar-refractivity contribution in [3.8, 4) is 0 Å². The number of aromatic nitrogens is 2. The van der Waals surface area contributed by atoms with Gasteiger partial charge in [0.1, 0.15) is 11.0 Å². The summed E-state index contributed by atoms with van der Waals surface area (Å²) in [5.74, 6) is -1.16. The van der Waals surface area contributed by atoms with Gasteiger partial charge in [0.05, 0.1) is 22.0 Å². The third kappa shape index (κ3) is 2.48. The number of nitrogens with one attached hydrogen (secondary N) is 1. The molecule has 1 N–H and O–H groups in total. The second kappa shape index (κ2) is 5.15. The highest BCUT2D eigenvalue weighted by atomic mass is 35.5. The van der Waals surface area contributed by atoms with Crippen LogP contribution in [0.1, 0.15) is 10.4 Å². The van der Waals surface area contributed by atoms with Crippen LogP contribution in [0.5, 0.6) is 0 Å². The zero-order valence-electron chi connectivity index (χ0n) is 9.93. The Morgan fingerprint density at radius 2 is 2.15 bits per heavy atom. The van der Waals surface area contributed by atoms with Gasteiger partial charge in [-0.25, -0.2) is 14.4 Å². The van der Waals surface area contributed by atoms with E-state index in [0.717, 1.165) is 22.5 Å². The molecular weight excluding hydrogens is 301 g/mol. The Morgan fingerprint density at radius 1 is 1.35 bits per heavy atom. The van der Waals surface area contributed by atoms with Crippen LogP contribution in [0, 0.1) is 5.82 Å². The lowest BCUT2D eigenvalue weighted by Gasteiger charge is -2.03. The summed E-state index contributed by atoms with van der Waals surface area (Å²) in [7, 11) is 0. The Hall–Kier alpha value is -2.05. The number of nitrogens with zero attached hydrogens (tertiary/aromatic N) is 2. The smallest absolute Gasteiger partial charge is 0.260 e. The fraction of sp³-hybridized carbons (Fsp3) is 0. The van der Waals surface area contributed by atoms with Gasteiger partial charge in [0.15, 0.2) is 5.13 Å². The molecule has 4 nitrogen and oxygen atoms in total. The van der Waals surface area contributed by atoms with E-state index in [9.17, 15) is 9.18 Å². The van der Waals surface area contributed by atoms with E-state index in [-0.39, 0.29) is 10.7 Å². The average Bonchev–Trinajstić information content (AvgIpc) is 2.83. The van der Waals surface area contributed by atoms with Crippen molar-refractivity contribution < 1.29 is 9.18 Å². The summed E-state index contributed by atoms with van der Waals surface area (Å²) in [4.78, 5) is 19.9. The maximum atomic E-state index is 13.1. The molecule has 0 unspecified atom stereocenters. The molecule has 1 amide bonds. The number of hydrogen-bond donors (Lipinski definition) is 1. The number of amides is 1. The van der Waals surface area contributed by atoms with Crippen LogP contribution in [0.15, 0.2) is 36.5 Å². The van der Waals surface area contributed by atoms with Crippen molar-refractivity contribution >= 4 is 44.2 Å². The number of halogens is 2. The molecule has 3 rings (SSSR count). The Labute approximate surface area is 122 Å². The number of pyridine rings is 1. The molecule has 3 aromatic rings. The van der Waals surface area contributed by atoms with E-state index >= 15 is 0 Å². The molecule has 0 radical (unpaired) electrons. The van der Waals surface area contributed by atoms with Crippen LogP contribution in [-0.4, -0.2) is 15.9 Å². The second-order valence-electron chi connectivity index (χ2n) is 3.93. The third-order valence-corrected chi connectivity index (χ3v) is 3.82. The number of thiazole rings is 1. The van der Waals surface area contributed by atoms with Crippen LogP contribution in [0.2, 0.25) is 5.15 Å². The number of benzene rings is 1. The minimum absolute atomic E-state index is 0.0223. The van der Waals surface area contributed by atoms with E-state index in [2.05, 4.69) is 15.3 Å². The van der Waals surface area contributed by atoms with Crippen LogP contribution in [0.25, 0.3) is 10.2 Å². The SMILES string of the molecule is O=C(Nc1nc2ccccc2s1)c1cc(F)cnc1Cl. The Morgan fingerprint density at radius 3 is 2.95 bits per heavy atom. The maximum absolute atomic E-state index is 13.1. The predicted molar refractivity (Wildman–Crippen MR) is 76.8 cm³/mol. The monoisotopic (exact) mass is 307 g/mol. The van der Waals surface area contributed by atoms with Gasteiger partial charge in [0.2, 0.25) is 0 Å². The van der Waals surface area contributed by atoms with Crippen LogP contribution in [0.3, 0.4) is 0 Å². The van der Waals surface area contributed by atoms with Gasteiger partial charge in [-0.1, -0.05) is 35.1 Å². The third-order valence-electron chi connectivity index (χ3n) is 2.56. The van der Waals surface area contributed by atoms with Gasteiger partial charge < -0.3 is 0 Å². The summed E-state index contributed by atoms with van der Waals surface area (Å²) in [5.41, 5.74) is 0.766. The van der Waals surface area contributed by atoms with Crippen LogP contribution < -0.4 is 5.32 Å². The Balaban J connectivity index is 1.90. The molecule has 1 aromatic carbocycles. The van der Waals surface area contributed by atoms with Crippen molar-refractivity contribution in [3.05, 3.63) is 53.1 Å². The van der Waals surface area contributed by atoms with Crippen LogP contribution in [-0.2, 0) is 0 Å². The molecule has 7 heteroatoms. The number of carbonyl (C=O) groups excluding carboxylic acids is 1. The average molecular weight is 308 g/mol. The summed E-state index contributed by atoms with van der Waals surface area (Å²) in [6.45, 7) is 0. The summed E-state index contributed by atoms with van der Waals surface area (Å²) in [6, 6.07) is 8.54. The molecule has 0 fully saturated rings. The zero-order valence-corrected chi connectivity index (χ0v) is 11.5. The predicted octanol–water partition coefficient (Wildman–Crippen LogP) is 3.74. The number of hydrogen-bond acceptors (Lipinski definition) is 4. The van der Waals surface area contributed by atoms with Gasteiger partial charge in [-0.05, 0) is 18.2 Å². The van der Waals surface area contributed by atoms with Gasteiger partial charge in [-0.15, -0.1) is 0 Å². The number of para-hydroxylation sites is 1. The number of fused-ring (bicyclic) bond motifs is 1. The lowest BCUT2D eigenvalue weighted by molar-refractivity contribution is 0.102. The fourth-order valence-corrected chi connectivity index (χ4v) is 2.72. The largest absolute Gasteiger partial charge is 0.298 e. The molecule has 100 valence electrons. The van der Waals surface area contributed by atoms with E-state index in [1.165, 1.54) is 11.3 Å². The van der Waals surface area contributed by atoms with Gasteiger partial charge in [0, 0.05) is 0 Å². The first-order chi connectivity index (χ1) is 9.63. The molecule has 0 atom stereocenters. The van der Waals surface area contributed by atoms with Gasteiger partial charge in [0.25, 0.3) is 5.91 Å². The van der Waals surface area contributed by atoms with Crippen molar-refractivity contribution in [2.75, 3.05) is 5.32 Å². The first-order valence-corrected chi connectivity index (χ1v) is 6.81. The molecule has 2 aromatic heterocycles. The fourth-order valence-electron chi connectivity index (χ4n) is 1.67. The van der Waals surface area contributed by atoms with E-state index in [1.807, 2.05) is 24.3 Å². The Bertz CT molecular complexity index is 772. The lowest BCUT2D eigenvalue weighted by atomic mass is 10.2. The second-order valence-corrected chi connectivity index (χ2v) is 5.32. The van der Waals surface area contributed by atoms with Crippen molar-refractivity contribution in [2.45, 2.75) is 0 Å². The summed E-state index contributed by atoms with van der Waals surface area (Å²) in [6.07, 6.45) is 0.955. The van der Waals surface area contributed by atoms with Crippen LogP contribution in [0.4, 0.5) is 9.52 Å². The standard InChI is InChI=1S/C13H7ClFN3OS/c14-11-8(5-7(15)6-16-11)12(19)18-13-17-9-3-1-2-4-10(9)20-13/h1-6H,(H,17,18,19). The van der Waals surface area contributed by atoms with Crippen molar-refractivity contribution in [1.29, 1.82) is 0 Å². The maximum Gasteiger partial charge on any atom is 0.260 e. The highest BCUT2D eigenvalue weighted by Crippen LogP contribution is 2.26. The van der Waals surface area contributed by atoms with Crippen molar-refractivity contribution in [3.63, 3.8) is 0 Å². The number of carbonyl (C=O) groups is 1. The normalized spacial score (nSPS) is 10.7. The minimum Gasteiger partial charge on any atom is -0.298 e. The topological polar surface area (TPSA) is 54.9 Å². The zero-order chi connectivity index (χ0) is 14.1. The number of anilines is 1. The minimum atomic E-state index is -0.621. The van der Waals surface area contributed by atoms with Crippen molar-refractivity contribution in [2.24, 2.45) is 0 Å². The first kappa shape index (κ1) is 13.0. The van der Waals surface area contributed by atoms with E-state index in [4.69, 9.17) is 11.6 Å². The van der Waals surface area contributed by atoms with Crippen molar-refractivity contribution in [1.82, 2.24) is 9.97 Å². The van der Waals surface area contributed by atoms with E-state index in [0.29, 0.717) is 5.13 Å². The molecule has 0 bridgehead atoms. The molecular formula is C13H7ClFN3OS.